The molecule has 19 heavy (non-hydrogen) atoms. The third-order valence-corrected chi connectivity index (χ3v) is 3.12. The van der Waals surface area contributed by atoms with E-state index in [2.05, 4.69) is 4.98 Å². The molecule has 0 atom stereocenters. The summed E-state index contributed by atoms with van der Waals surface area (Å²) in [5, 5.41) is 0.695. The molecule has 0 saturated carbocycles. The maximum Gasteiger partial charge on any atom is 0.172 e. The molecule has 0 fully saturated rings. The molecule has 96 valence electrons. The highest BCUT2D eigenvalue weighted by atomic mass is 35.5. The zero-order valence-electron chi connectivity index (χ0n) is 9.77. The fourth-order valence-electron chi connectivity index (χ4n) is 1.59. The van der Waals surface area contributed by atoms with Crippen LogP contribution in [0.5, 0.6) is 0 Å². The Hall–Kier alpha value is -1.71. The van der Waals surface area contributed by atoms with E-state index in [9.17, 15) is 9.59 Å². The Morgan fingerprint density at radius 3 is 2.37 bits per heavy atom. The van der Waals surface area contributed by atoms with Gasteiger partial charge >= 0.3 is 0 Å². The molecule has 0 saturated heterocycles. The first-order valence-electron chi connectivity index (χ1n) is 5.49. The number of aromatic nitrogens is 1. The minimum Gasteiger partial charge on any atom is -0.294 e. The Morgan fingerprint density at radius 1 is 1.00 bits per heavy atom. The number of carbonyl (C=O) groups is 2. The lowest BCUT2D eigenvalue weighted by atomic mass is 10.0. The minimum atomic E-state index is -0.352. The number of ketones is 2. The van der Waals surface area contributed by atoms with Crippen LogP contribution in [0, 0.1) is 0 Å². The van der Waals surface area contributed by atoms with Gasteiger partial charge in [0.05, 0.1) is 11.4 Å². The highest BCUT2D eigenvalue weighted by molar-refractivity contribution is 6.36. The van der Waals surface area contributed by atoms with Crippen LogP contribution in [-0.4, -0.2) is 16.6 Å². The van der Waals surface area contributed by atoms with Crippen molar-refractivity contribution in [2.75, 3.05) is 0 Å². The summed E-state index contributed by atoms with van der Waals surface area (Å²) in [4.78, 5) is 27.7. The number of hydrogen-bond acceptors (Lipinski definition) is 3. The summed E-state index contributed by atoms with van der Waals surface area (Å²) in [5.41, 5.74) is 0.707. The Balaban J connectivity index is 2.18. The van der Waals surface area contributed by atoms with Crippen LogP contribution in [0.1, 0.15) is 27.1 Å². The van der Waals surface area contributed by atoms with Gasteiger partial charge < -0.3 is 0 Å². The van der Waals surface area contributed by atoms with Crippen molar-refractivity contribution in [3.05, 3.63) is 63.9 Å². The summed E-state index contributed by atoms with van der Waals surface area (Å²) in [6, 6.07) is 7.72. The molecule has 0 amide bonds. The number of hydrogen-bond donors (Lipinski definition) is 0. The molecule has 3 nitrogen and oxygen atoms in total. The first kappa shape index (κ1) is 13.7. The van der Waals surface area contributed by atoms with Crippen LogP contribution in [0.2, 0.25) is 10.0 Å². The van der Waals surface area contributed by atoms with Gasteiger partial charge in [-0.15, -0.1) is 0 Å². The molecule has 2 rings (SSSR count). The number of pyridine rings is 1. The topological polar surface area (TPSA) is 47.0 Å². The Kier molecular flexibility index (Phi) is 4.30. The van der Waals surface area contributed by atoms with E-state index >= 15 is 0 Å². The second kappa shape index (κ2) is 5.95. The molecule has 0 unspecified atom stereocenters. The summed E-state index contributed by atoms with van der Waals surface area (Å²) in [6.07, 6.45) is 2.76. The van der Waals surface area contributed by atoms with Crippen molar-refractivity contribution in [1.29, 1.82) is 0 Å². The van der Waals surface area contributed by atoms with Crippen LogP contribution in [0.25, 0.3) is 0 Å². The van der Waals surface area contributed by atoms with Gasteiger partial charge in [-0.1, -0.05) is 23.2 Å². The van der Waals surface area contributed by atoms with Crippen molar-refractivity contribution < 1.29 is 9.59 Å². The van der Waals surface area contributed by atoms with Crippen molar-refractivity contribution in [2.24, 2.45) is 0 Å². The molecule has 1 aromatic heterocycles. The Morgan fingerprint density at radius 2 is 1.68 bits per heavy atom. The maximum atomic E-state index is 12.0. The van der Waals surface area contributed by atoms with Gasteiger partial charge in [0.25, 0.3) is 0 Å². The van der Waals surface area contributed by atoms with E-state index in [-0.39, 0.29) is 28.6 Å². The van der Waals surface area contributed by atoms with Crippen molar-refractivity contribution in [3.8, 4) is 0 Å². The van der Waals surface area contributed by atoms with Crippen LogP contribution in [0.15, 0.2) is 42.7 Å². The standard InChI is InChI=1S/C14H9Cl2NO2/c15-10-1-2-12(16)11(7-10)14(19)8-13(18)9-3-5-17-6-4-9/h1-7H,8H2. The highest BCUT2D eigenvalue weighted by Crippen LogP contribution is 2.22. The van der Waals surface area contributed by atoms with E-state index in [1.807, 2.05) is 0 Å². The molecular formula is C14H9Cl2NO2. The lowest BCUT2D eigenvalue weighted by Crippen LogP contribution is -2.09. The molecule has 2 aromatic rings. The molecule has 0 radical (unpaired) electrons. The largest absolute Gasteiger partial charge is 0.294 e. The highest BCUT2D eigenvalue weighted by Gasteiger charge is 2.16. The van der Waals surface area contributed by atoms with Gasteiger partial charge in [0.15, 0.2) is 11.6 Å². The zero-order valence-corrected chi connectivity index (χ0v) is 11.3. The van der Waals surface area contributed by atoms with Gasteiger partial charge in [-0.3, -0.25) is 14.6 Å². The predicted octanol–water partition coefficient (Wildman–Crippen LogP) is 3.84. The predicted molar refractivity (Wildman–Crippen MR) is 74.0 cm³/mol. The van der Waals surface area contributed by atoms with Crippen LogP contribution < -0.4 is 0 Å². The number of rotatable bonds is 4. The first-order valence-corrected chi connectivity index (χ1v) is 6.25. The van der Waals surface area contributed by atoms with E-state index in [0.717, 1.165) is 0 Å². The summed E-state index contributed by atoms with van der Waals surface area (Å²) in [5.74, 6) is -0.627. The molecule has 1 aromatic carbocycles. The average Bonchev–Trinajstić information content (AvgIpc) is 2.42. The number of Topliss-reactive ketones (excluding diaryl/α,β-unsaturated/α-hetero) is 2. The SMILES string of the molecule is O=C(CC(=O)c1cc(Cl)ccc1Cl)c1ccncc1. The molecule has 0 N–H and O–H groups in total. The minimum absolute atomic E-state index is 0.246. The van der Waals surface area contributed by atoms with Crippen molar-refractivity contribution >= 4 is 34.8 Å². The molecule has 5 heteroatoms. The van der Waals surface area contributed by atoms with Gasteiger partial charge in [0.2, 0.25) is 0 Å². The fourth-order valence-corrected chi connectivity index (χ4v) is 1.99. The summed E-state index contributed by atoms with van der Waals surface area (Å²) >= 11 is 11.7. The van der Waals surface area contributed by atoms with Crippen LogP contribution >= 0.6 is 23.2 Å². The summed E-state index contributed by atoms with van der Waals surface area (Å²) < 4.78 is 0. The number of nitrogens with zero attached hydrogens (tertiary/aromatic N) is 1. The number of halogens is 2. The van der Waals surface area contributed by atoms with Gasteiger partial charge in [0, 0.05) is 28.5 Å². The monoisotopic (exact) mass is 293 g/mol. The number of carbonyl (C=O) groups excluding carboxylic acids is 2. The molecule has 0 spiro atoms. The second-order valence-corrected chi connectivity index (χ2v) is 4.73. The average molecular weight is 294 g/mol. The Labute approximate surface area is 120 Å². The Bertz CT molecular complexity index is 627. The zero-order chi connectivity index (χ0) is 13.8. The van der Waals surface area contributed by atoms with E-state index in [1.165, 1.54) is 24.5 Å². The van der Waals surface area contributed by atoms with Crippen molar-refractivity contribution in [3.63, 3.8) is 0 Å². The lowest BCUT2D eigenvalue weighted by Gasteiger charge is -2.04. The van der Waals surface area contributed by atoms with Crippen LogP contribution in [0.4, 0.5) is 0 Å². The first-order chi connectivity index (χ1) is 9.08. The van der Waals surface area contributed by atoms with Crippen molar-refractivity contribution in [2.45, 2.75) is 6.42 Å². The number of benzene rings is 1. The third kappa shape index (κ3) is 3.40. The van der Waals surface area contributed by atoms with Gasteiger partial charge in [-0.05, 0) is 30.3 Å². The smallest absolute Gasteiger partial charge is 0.172 e. The van der Waals surface area contributed by atoms with E-state index in [0.29, 0.717) is 10.6 Å². The molecular weight excluding hydrogens is 285 g/mol. The van der Waals surface area contributed by atoms with Gasteiger partial charge in [0.1, 0.15) is 0 Å². The normalized spacial score (nSPS) is 10.2. The fraction of sp³-hybridized carbons (Fsp3) is 0.0714. The summed E-state index contributed by atoms with van der Waals surface area (Å²) in [6.45, 7) is 0. The second-order valence-electron chi connectivity index (χ2n) is 3.88. The maximum absolute atomic E-state index is 12.0. The molecule has 0 aliphatic heterocycles. The van der Waals surface area contributed by atoms with Gasteiger partial charge in [-0.2, -0.15) is 0 Å². The van der Waals surface area contributed by atoms with E-state index in [1.54, 1.807) is 18.2 Å². The quantitative estimate of drug-likeness (QED) is 0.635. The lowest BCUT2D eigenvalue weighted by molar-refractivity contribution is 0.0894. The molecule has 0 aliphatic rings. The van der Waals surface area contributed by atoms with Crippen molar-refractivity contribution in [1.82, 2.24) is 4.98 Å². The van der Waals surface area contributed by atoms with E-state index < -0.39 is 0 Å². The molecule has 0 bridgehead atoms. The van der Waals surface area contributed by atoms with E-state index in [4.69, 9.17) is 23.2 Å². The molecule has 1 heterocycles. The van der Waals surface area contributed by atoms with Crippen LogP contribution in [0.3, 0.4) is 0 Å². The van der Waals surface area contributed by atoms with Crippen LogP contribution in [-0.2, 0) is 0 Å². The van der Waals surface area contributed by atoms with Gasteiger partial charge in [-0.25, -0.2) is 0 Å². The summed E-state index contributed by atoms with van der Waals surface area (Å²) in [7, 11) is 0. The third-order valence-electron chi connectivity index (χ3n) is 2.55. The molecule has 0 aliphatic carbocycles.